The van der Waals surface area contributed by atoms with Gasteiger partial charge in [-0.1, -0.05) is 23.2 Å². The molecule has 0 aliphatic rings. The third-order valence-corrected chi connectivity index (χ3v) is 3.63. The highest BCUT2D eigenvalue weighted by Gasteiger charge is 2.12. The molecule has 1 N–H and O–H groups in total. The minimum absolute atomic E-state index is 0.343. The Hall–Kier alpha value is -1.26. The zero-order valence-electron chi connectivity index (χ0n) is 10.7. The van der Waals surface area contributed by atoms with Gasteiger partial charge < -0.3 is 5.32 Å². The van der Waals surface area contributed by atoms with Crippen LogP contribution in [-0.4, -0.2) is 9.78 Å². The Kier molecular flexibility index (Phi) is 4.32. The van der Waals surface area contributed by atoms with E-state index >= 15 is 0 Å². The molecule has 3 nitrogen and oxygen atoms in total. The summed E-state index contributed by atoms with van der Waals surface area (Å²) in [7, 11) is 0. The van der Waals surface area contributed by atoms with Crippen LogP contribution in [0.4, 0.5) is 10.1 Å². The Balaban J connectivity index is 2.18. The van der Waals surface area contributed by atoms with E-state index in [2.05, 4.69) is 10.4 Å². The normalized spacial score (nSPS) is 10.8. The van der Waals surface area contributed by atoms with Gasteiger partial charge in [-0.3, -0.25) is 4.68 Å². The van der Waals surface area contributed by atoms with Gasteiger partial charge in [0.25, 0.3) is 0 Å². The maximum atomic E-state index is 12.9. The van der Waals surface area contributed by atoms with Crippen molar-refractivity contribution in [2.24, 2.45) is 0 Å². The summed E-state index contributed by atoms with van der Waals surface area (Å²) in [6.45, 7) is 5.08. The summed E-state index contributed by atoms with van der Waals surface area (Å²) >= 11 is 12.2. The van der Waals surface area contributed by atoms with Gasteiger partial charge in [0.2, 0.25) is 0 Å². The second-order valence-electron chi connectivity index (χ2n) is 4.14. The fourth-order valence-corrected chi connectivity index (χ4v) is 2.29. The highest BCUT2D eigenvalue weighted by molar-refractivity contribution is 6.33. The van der Waals surface area contributed by atoms with Gasteiger partial charge in [-0.25, -0.2) is 4.39 Å². The number of aromatic nitrogens is 2. The van der Waals surface area contributed by atoms with Crippen molar-refractivity contribution in [2.75, 3.05) is 5.32 Å². The van der Waals surface area contributed by atoms with Crippen molar-refractivity contribution >= 4 is 28.9 Å². The van der Waals surface area contributed by atoms with E-state index in [1.54, 1.807) is 6.07 Å². The largest absolute Gasteiger partial charge is 0.378 e. The van der Waals surface area contributed by atoms with E-state index in [0.29, 0.717) is 22.3 Å². The molecule has 6 heteroatoms. The molecule has 0 bridgehead atoms. The summed E-state index contributed by atoms with van der Waals surface area (Å²) < 4.78 is 14.8. The molecule has 0 aliphatic carbocycles. The quantitative estimate of drug-likeness (QED) is 0.914. The molecule has 1 aromatic heterocycles. The number of hydrogen-bond donors (Lipinski definition) is 1. The first-order valence-corrected chi connectivity index (χ1v) is 6.69. The van der Waals surface area contributed by atoms with Crippen LogP contribution < -0.4 is 5.32 Å². The van der Waals surface area contributed by atoms with Crippen LogP contribution in [0.1, 0.15) is 18.3 Å². The van der Waals surface area contributed by atoms with Crippen LogP contribution in [0.2, 0.25) is 10.0 Å². The summed E-state index contributed by atoms with van der Waals surface area (Å²) in [5.41, 5.74) is 2.35. The molecule has 0 fully saturated rings. The summed E-state index contributed by atoms with van der Waals surface area (Å²) in [4.78, 5) is 0. The number of hydrogen-bond acceptors (Lipinski definition) is 2. The summed E-state index contributed by atoms with van der Waals surface area (Å²) in [5.74, 6) is -0.358. The average Bonchev–Trinajstić information content (AvgIpc) is 2.65. The Labute approximate surface area is 121 Å². The lowest BCUT2D eigenvalue weighted by molar-refractivity contribution is 0.622. The first-order chi connectivity index (χ1) is 9.02. The number of benzene rings is 1. The van der Waals surface area contributed by atoms with Gasteiger partial charge in [0.15, 0.2) is 0 Å². The highest BCUT2D eigenvalue weighted by Crippen LogP contribution is 2.25. The number of nitrogens with zero attached hydrogens (tertiary/aromatic N) is 2. The SMILES string of the molecule is CCn1nc(C)c(Cl)c1CNc1ccc(F)cc1Cl. The van der Waals surface area contributed by atoms with E-state index in [0.717, 1.165) is 17.9 Å². The van der Waals surface area contributed by atoms with Crippen LogP contribution in [0, 0.1) is 12.7 Å². The predicted molar refractivity (Wildman–Crippen MR) is 76.4 cm³/mol. The van der Waals surface area contributed by atoms with Crippen molar-refractivity contribution in [3.8, 4) is 0 Å². The summed E-state index contributed by atoms with van der Waals surface area (Å²) in [6, 6.07) is 4.23. The fraction of sp³-hybridized carbons (Fsp3) is 0.308. The van der Waals surface area contributed by atoms with E-state index in [-0.39, 0.29) is 5.82 Å². The molecule has 2 rings (SSSR count). The van der Waals surface area contributed by atoms with Crippen molar-refractivity contribution in [1.29, 1.82) is 0 Å². The second-order valence-corrected chi connectivity index (χ2v) is 4.92. The lowest BCUT2D eigenvalue weighted by Gasteiger charge is -2.10. The van der Waals surface area contributed by atoms with E-state index in [1.807, 2.05) is 18.5 Å². The van der Waals surface area contributed by atoms with Crippen LogP contribution in [0.3, 0.4) is 0 Å². The molecule has 0 spiro atoms. The standard InChI is InChI=1S/C13H14Cl2FN3/c1-3-19-12(13(15)8(2)18-19)7-17-11-5-4-9(16)6-10(11)14/h4-6,17H,3,7H2,1-2H3. The molecule has 0 amide bonds. The van der Waals surface area contributed by atoms with Gasteiger partial charge >= 0.3 is 0 Å². The van der Waals surface area contributed by atoms with Crippen LogP contribution in [-0.2, 0) is 13.1 Å². The van der Waals surface area contributed by atoms with Gasteiger partial charge in [-0.2, -0.15) is 5.10 Å². The highest BCUT2D eigenvalue weighted by atomic mass is 35.5. The Morgan fingerprint density at radius 1 is 1.37 bits per heavy atom. The zero-order valence-corrected chi connectivity index (χ0v) is 12.2. The molecule has 0 unspecified atom stereocenters. The zero-order chi connectivity index (χ0) is 14.0. The minimum atomic E-state index is -0.358. The topological polar surface area (TPSA) is 29.9 Å². The lowest BCUT2D eigenvalue weighted by Crippen LogP contribution is -2.08. The van der Waals surface area contributed by atoms with Crippen LogP contribution >= 0.6 is 23.2 Å². The Morgan fingerprint density at radius 2 is 2.11 bits per heavy atom. The van der Waals surface area contributed by atoms with Crippen molar-refractivity contribution in [3.63, 3.8) is 0 Å². The number of anilines is 1. The first kappa shape index (κ1) is 14.2. The lowest BCUT2D eigenvalue weighted by atomic mass is 10.3. The van der Waals surface area contributed by atoms with Gasteiger partial charge in [-0.15, -0.1) is 0 Å². The fourth-order valence-electron chi connectivity index (χ4n) is 1.85. The van der Waals surface area contributed by atoms with Gasteiger partial charge in [-0.05, 0) is 32.0 Å². The minimum Gasteiger partial charge on any atom is -0.378 e. The predicted octanol–water partition coefficient (Wildman–Crippen LogP) is 4.27. The van der Waals surface area contributed by atoms with Crippen LogP contribution in [0.5, 0.6) is 0 Å². The number of rotatable bonds is 4. The third kappa shape index (κ3) is 3.01. The number of nitrogens with one attached hydrogen (secondary N) is 1. The maximum absolute atomic E-state index is 12.9. The molecular formula is C13H14Cl2FN3. The molecule has 1 aromatic carbocycles. The van der Waals surface area contributed by atoms with Crippen molar-refractivity contribution in [2.45, 2.75) is 26.9 Å². The van der Waals surface area contributed by atoms with E-state index in [9.17, 15) is 4.39 Å². The summed E-state index contributed by atoms with van der Waals surface area (Å²) in [5, 5.41) is 8.46. The molecule has 0 radical (unpaired) electrons. The number of halogens is 3. The molecule has 2 aromatic rings. The number of aryl methyl sites for hydroxylation is 2. The smallest absolute Gasteiger partial charge is 0.124 e. The third-order valence-electron chi connectivity index (χ3n) is 2.83. The molecule has 0 saturated heterocycles. The average molecular weight is 302 g/mol. The van der Waals surface area contributed by atoms with E-state index < -0.39 is 0 Å². The Bertz CT molecular complexity index is 596. The monoisotopic (exact) mass is 301 g/mol. The Morgan fingerprint density at radius 3 is 2.74 bits per heavy atom. The van der Waals surface area contributed by atoms with Crippen molar-refractivity contribution < 1.29 is 4.39 Å². The molecule has 0 aliphatic heterocycles. The molecule has 0 saturated carbocycles. The van der Waals surface area contributed by atoms with E-state index in [1.165, 1.54) is 12.1 Å². The van der Waals surface area contributed by atoms with Crippen LogP contribution in [0.25, 0.3) is 0 Å². The summed E-state index contributed by atoms with van der Waals surface area (Å²) in [6.07, 6.45) is 0. The van der Waals surface area contributed by atoms with Crippen molar-refractivity contribution in [3.05, 3.63) is 45.4 Å². The maximum Gasteiger partial charge on any atom is 0.124 e. The van der Waals surface area contributed by atoms with Crippen LogP contribution in [0.15, 0.2) is 18.2 Å². The second kappa shape index (κ2) is 5.80. The molecular weight excluding hydrogens is 288 g/mol. The molecule has 1 heterocycles. The van der Waals surface area contributed by atoms with Gasteiger partial charge in [0.1, 0.15) is 5.82 Å². The van der Waals surface area contributed by atoms with E-state index in [4.69, 9.17) is 23.2 Å². The van der Waals surface area contributed by atoms with Gasteiger partial charge in [0.05, 0.1) is 33.7 Å². The van der Waals surface area contributed by atoms with Crippen molar-refractivity contribution in [1.82, 2.24) is 9.78 Å². The molecule has 19 heavy (non-hydrogen) atoms. The molecule has 0 atom stereocenters. The first-order valence-electron chi connectivity index (χ1n) is 5.93. The van der Waals surface area contributed by atoms with Gasteiger partial charge in [0, 0.05) is 6.54 Å². The molecule has 102 valence electrons.